The minimum atomic E-state index is -0.0114. The van der Waals surface area contributed by atoms with Crippen molar-refractivity contribution in [2.24, 2.45) is 0 Å². The van der Waals surface area contributed by atoms with Crippen LogP contribution in [-0.4, -0.2) is 19.5 Å². The van der Waals surface area contributed by atoms with Crippen molar-refractivity contribution in [3.8, 4) is 0 Å². The predicted octanol–water partition coefficient (Wildman–Crippen LogP) is 4.75. The summed E-state index contributed by atoms with van der Waals surface area (Å²) in [5.41, 5.74) is 9.83. The third kappa shape index (κ3) is 4.68. The Morgan fingerprint density at radius 3 is 2.85 bits per heavy atom. The van der Waals surface area contributed by atoms with Crippen LogP contribution in [0.5, 0.6) is 0 Å². The summed E-state index contributed by atoms with van der Waals surface area (Å²) in [4.78, 5) is 14.3. The zero-order valence-corrected chi connectivity index (χ0v) is 16.6. The van der Waals surface area contributed by atoms with E-state index >= 15 is 0 Å². The smallest absolute Gasteiger partial charge is 0.222 e. The van der Waals surface area contributed by atoms with Gasteiger partial charge in [0.05, 0.1) is 17.3 Å². The number of hydrogen-bond acceptors (Lipinski definition) is 6. The minimum absolute atomic E-state index is 0.0114. The molecular weight excluding hydrogens is 356 g/mol. The van der Waals surface area contributed by atoms with E-state index in [1.807, 2.05) is 44.3 Å². The predicted molar refractivity (Wildman–Crippen MR) is 114 cm³/mol. The molecule has 0 aromatic carbocycles. The number of nitrogen functional groups attached to an aromatic ring is 1. The van der Waals surface area contributed by atoms with E-state index in [2.05, 4.69) is 43.7 Å². The number of allylic oxidation sites excluding steroid dienone is 2. The van der Waals surface area contributed by atoms with E-state index in [4.69, 9.17) is 5.73 Å². The Morgan fingerprint density at radius 1 is 1.33 bits per heavy atom. The second kappa shape index (κ2) is 8.26. The molecule has 6 nitrogen and oxygen atoms in total. The zero-order chi connectivity index (χ0) is 19.4. The summed E-state index contributed by atoms with van der Waals surface area (Å²) < 4.78 is 2.13. The van der Waals surface area contributed by atoms with Gasteiger partial charge in [0.2, 0.25) is 5.95 Å². The lowest BCUT2D eigenvalue weighted by atomic mass is 10.2. The largest absolute Gasteiger partial charge is 0.368 e. The van der Waals surface area contributed by atoms with Gasteiger partial charge in [-0.15, -0.1) is 11.8 Å². The summed E-state index contributed by atoms with van der Waals surface area (Å²) in [7, 11) is 0. The zero-order valence-electron chi connectivity index (χ0n) is 15.8. The van der Waals surface area contributed by atoms with Crippen molar-refractivity contribution >= 4 is 34.6 Å². The molecule has 140 valence electrons. The molecule has 0 fully saturated rings. The van der Waals surface area contributed by atoms with Crippen molar-refractivity contribution in [3.63, 3.8) is 0 Å². The van der Waals surface area contributed by atoms with Crippen LogP contribution >= 0.6 is 11.8 Å². The van der Waals surface area contributed by atoms with Crippen molar-refractivity contribution in [3.05, 3.63) is 64.8 Å². The van der Waals surface area contributed by atoms with Crippen molar-refractivity contribution < 1.29 is 0 Å². The van der Waals surface area contributed by atoms with Gasteiger partial charge in [-0.25, -0.2) is 4.98 Å². The summed E-state index contributed by atoms with van der Waals surface area (Å²) in [5.74, 6) is 0.960. The van der Waals surface area contributed by atoms with Crippen LogP contribution in [0.4, 0.5) is 11.8 Å². The first kappa shape index (κ1) is 19.0. The average molecular weight is 381 g/mol. The van der Waals surface area contributed by atoms with Crippen LogP contribution < -0.4 is 11.1 Å². The van der Waals surface area contributed by atoms with Gasteiger partial charge in [-0.2, -0.15) is 4.98 Å². The van der Waals surface area contributed by atoms with Gasteiger partial charge in [0.1, 0.15) is 5.52 Å². The number of nitrogens with one attached hydrogen (secondary N) is 1. The second-order valence-electron chi connectivity index (χ2n) is 6.51. The van der Waals surface area contributed by atoms with E-state index in [1.165, 1.54) is 5.57 Å². The highest BCUT2D eigenvalue weighted by Gasteiger charge is 2.15. The lowest BCUT2D eigenvalue weighted by Gasteiger charge is -2.16. The highest BCUT2D eigenvalue weighted by molar-refractivity contribution is 8.05. The number of thioether (sulfide) groups is 1. The molecular formula is C20H24N6S. The third-order valence-electron chi connectivity index (χ3n) is 3.99. The fourth-order valence-electron chi connectivity index (χ4n) is 2.78. The fourth-order valence-corrected chi connectivity index (χ4v) is 3.25. The number of fused-ring (bicyclic) bond motifs is 1. The molecule has 0 amide bonds. The molecule has 3 N–H and O–H groups in total. The quantitative estimate of drug-likeness (QED) is 0.615. The molecule has 0 radical (unpaired) electrons. The van der Waals surface area contributed by atoms with Crippen LogP contribution in [-0.2, 0) is 6.54 Å². The van der Waals surface area contributed by atoms with Crippen LogP contribution in [0.3, 0.4) is 0 Å². The first-order chi connectivity index (χ1) is 12.9. The average Bonchev–Trinajstić information content (AvgIpc) is 3.03. The Hall–Kier alpha value is -2.80. The van der Waals surface area contributed by atoms with Gasteiger partial charge in [0, 0.05) is 18.9 Å². The Morgan fingerprint density at radius 2 is 2.15 bits per heavy atom. The third-order valence-corrected chi connectivity index (χ3v) is 4.92. The van der Waals surface area contributed by atoms with Crippen LogP contribution in [0.2, 0.25) is 0 Å². The minimum Gasteiger partial charge on any atom is -0.368 e. The van der Waals surface area contributed by atoms with Gasteiger partial charge in [-0.3, -0.25) is 4.98 Å². The first-order valence-electron chi connectivity index (χ1n) is 8.71. The topological polar surface area (TPSA) is 81.7 Å². The van der Waals surface area contributed by atoms with Crippen LogP contribution in [0.25, 0.3) is 11.0 Å². The number of nitrogens with two attached hydrogens (primary N) is 1. The standard InChI is InChI=1S/C20H24N6S/c1-13(2)27-12-14(3)11-26-10-8-17-18(26)19(25-20(21)24-17)23-15(4)16-7-5-6-9-22-16/h5-10,12,15H,1,11H2,2-4H3,(H3,21,23,24,25)/b14-12+. The van der Waals surface area contributed by atoms with Gasteiger partial charge < -0.3 is 15.6 Å². The van der Waals surface area contributed by atoms with Gasteiger partial charge in [0.25, 0.3) is 0 Å². The number of aromatic nitrogens is 4. The van der Waals surface area contributed by atoms with Crippen molar-refractivity contribution in [2.45, 2.75) is 33.4 Å². The maximum atomic E-state index is 5.92. The molecule has 3 aromatic rings. The molecule has 0 aliphatic rings. The van der Waals surface area contributed by atoms with E-state index in [9.17, 15) is 0 Å². The summed E-state index contributed by atoms with van der Waals surface area (Å²) in [6.07, 6.45) is 3.80. The van der Waals surface area contributed by atoms with Crippen molar-refractivity contribution in [1.29, 1.82) is 0 Å². The molecule has 3 heterocycles. The molecule has 3 aromatic heterocycles. The van der Waals surface area contributed by atoms with Crippen molar-refractivity contribution in [2.75, 3.05) is 11.1 Å². The molecule has 0 aliphatic carbocycles. The molecule has 0 aliphatic heterocycles. The summed E-state index contributed by atoms with van der Waals surface area (Å²) >= 11 is 1.64. The molecule has 1 atom stereocenters. The van der Waals surface area contributed by atoms with Crippen molar-refractivity contribution in [1.82, 2.24) is 19.5 Å². The molecule has 7 heteroatoms. The number of rotatable bonds is 7. The van der Waals surface area contributed by atoms with Gasteiger partial charge in [-0.05, 0) is 54.9 Å². The SMILES string of the molecule is C=C(C)S/C=C(\C)Cn1ccc2nc(N)nc(NC(C)c3ccccn3)c21. The Bertz CT molecular complexity index is 977. The van der Waals surface area contributed by atoms with E-state index in [0.717, 1.165) is 28.2 Å². The van der Waals surface area contributed by atoms with Crippen LogP contribution in [0, 0.1) is 0 Å². The Balaban J connectivity index is 1.93. The van der Waals surface area contributed by atoms with E-state index in [1.54, 1.807) is 18.0 Å². The molecule has 27 heavy (non-hydrogen) atoms. The first-order valence-corrected chi connectivity index (χ1v) is 9.59. The molecule has 0 bridgehead atoms. The summed E-state index contributed by atoms with van der Waals surface area (Å²) in [6.45, 7) is 10.8. The number of hydrogen-bond donors (Lipinski definition) is 2. The molecule has 1 unspecified atom stereocenters. The van der Waals surface area contributed by atoms with E-state index < -0.39 is 0 Å². The van der Waals surface area contributed by atoms with Gasteiger partial charge in [-0.1, -0.05) is 12.6 Å². The monoisotopic (exact) mass is 380 g/mol. The molecule has 0 spiro atoms. The molecule has 0 saturated heterocycles. The van der Waals surface area contributed by atoms with E-state index in [0.29, 0.717) is 5.82 Å². The lowest BCUT2D eigenvalue weighted by molar-refractivity contribution is 0.806. The number of pyridine rings is 1. The van der Waals surface area contributed by atoms with Gasteiger partial charge in [0.15, 0.2) is 5.82 Å². The Labute approximate surface area is 163 Å². The fraction of sp³-hybridized carbons (Fsp3) is 0.250. The van der Waals surface area contributed by atoms with Crippen LogP contribution in [0.15, 0.2) is 59.1 Å². The number of nitrogens with zero attached hydrogens (tertiary/aromatic N) is 4. The molecule has 3 rings (SSSR count). The Kier molecular flexibility index (Phi) is 5.81. The summed E-state index contributed by atoms with van der Waals surface area (Å²) in [6, 6.07) is 7.81. The van der Waals surface area contributed by atoms with E-state index in [-0.39, 0.29) is 12.0 Å². The van der Waals surface area contributed by atoms with Gasteiger partial charge >= 0.3 is 0 Å². The number of anilines is 2. The van der Waals surface area contributed by atoms with Crippen LogP contribution in [0.1, 0.15) is 32.5 Å². The highest BCUT2D eigenvalue weighted by atomic mass is 32.2. The normalized spacial score (nSPS) is 12.9. The maximum Gasteiger partial charge on any atom is 0.222 e. The maximum absolute atomic E-state index is 5.92. The highest BCUT2D eigenvalue weighted by Crippen LogP contribution is 2.27. The lowest BCUT2D eigenvalue weighted by Crippen LogP contribution is -2.12. The second-order valence-corrected chi connectivity index (χ2v) is 7.68. The summed E-state index contributed by atoms with van der Waals surface area (Å²) in [5, 5.41) is 5.56. The molecule has 0 saturated carbocycles.